The van der Waals surface area contributed by atoms with Crippen molar-refractivity contribution < 1.29 is 18.5 Å². The van der Waals surface area contributed by atoms with E-state index in [1.54, 1.807) is 0 Å². The van der Waals surface area contributed by atoms with Crippen LogP contribution >= 0.6 is 11.6 Å². The van der Waals surface area contributed by atoms with Crippen LogP contribution in [0.5, 0.6) is 0 Å². The summed E-state index contributed by atoms with van der Waals surface area (Å²) in [6.45, 7) is 3.39. The minimum absolute atomic E-state index is 0.123. The zero-order valence-corrected chi connectivity index (χ0v) is 14.3. The second kappa shape index (κ2) is 7.80. The van der Waals surface area contributed by atoms with Crippen molar-refractivity contribution in [2.75, 3.05) is 42.9 Å². The number of carbonyl (C=O) groups is 1. The van der Waals surface area contributed by atoms with Gasteiger partial charge in [0.05, 0.1) is 31.9 Å². The molecule has 1 saturated heterocycles. The summed E-state index contributed by atoms with van der Waals surface area (Å²) in [6, 6.07) is 10.7. The van der Waals surface area contributed by atoms with Crippen molar-refractivity contribution in [3.8, 4) is 0 Å². The average Bonchev–Trinajstić information content (AvgIpc) is 2.59. The zero-order chi connectivity index (χ0) is 17.8. The smallest absolute Gasteiger partial charge is 0.279 e. The van der Waals surface area contributed by atoms with Gasteiger partial charge in [0, 0.05) is 16.8 Å². The minimum atomic E-state index is -0.643. The summed E-state index contributed by atoms with van der Waals surface area (Å²) in [4.78, 5) is 15.4. The monoisotopic (exact) mass is 366 g/mol. The molecule has 132 valence electrons. The van der Waals surface area contributed by atoms with Crippen molar-refractivity contribution in [2.45, 2.75) is 0 Å². The maximum absolute atomic E-state index is 13.6. The summed E-state index contributed by atoms with van der Waals surface area (Å²) >= 11 is 6.02. The number of hydrogen-bond acceptors (Lipinski definition) is 2. The SMILES string of the molecule is O=C(C[NH+]1CCN(c2cccc(Cl)c2)CC1)Nc1cc(F)ccc1F. The molecule has 0 unspecified atom stereocenters. The Kier molecular flexibility index (Phi) is 5.50. The Balaban J connectivity index is 1.52. The largest absolute Gasteiger partial charge is 0.360 e. The highest BCUT2D eigenvalue weighted by molar-refractivity contribution is 6.30. The lowest BCUT2D eigenvalue weighted by molar-refractivity contribution is -0.892. The van der Waals surface area contributed by atoms with Crippen LogP contribution in [0.1, 0.15) is 0 Å². The van der Waals surface area contributed by atoms with Gasteiger partial charge in [-0.05, 0) is 30.3 Å². The molecule has 2 aromatic rings. The van der Waals surface area contributed by atoms with Gasteiger partial charge in [0.2, 0.25) is 0 Å². The van der Waals surface area contributed by atoms with Crippen molar-refractivity contribution in [1.29, 1.82) is 0 Å². The molecular weight excluding hydrogens is 348 g/mol. The van der Waals surface area contributed by atoms with Gasteiger partial charge in [0.15, 0.2) is 6.54 Å². The predicted molar refractivity (Wildman–Crippen MR) is 94.2 cm³/mol. The third-order valence-electron chi connectivity index (χ3n) is 4.26. The summed E-state index contributed by atoms with van der Waals surface area (Å²) in [5.74, 6) is -1.55. The number of hydrogen-bond donors (Lipinski definition) is 2. The highest BCUT2D eigenvalue weighted by Crippen LogP contribution is 2.19. The Morgan fingerprint density at radius 2 is 1.92 bits per heavy atom. The van der Waals surface area contributed by atoms with Crippen molar-refractivity contribution in [2.24, 2.45) is 0 Å². The first-order valence-corrected chi connectivity index (χ1v) is 8.48. The molecule has 4 nitrogen and oxygen atoms in total. The van der Waals surface area contributed by atoms with Crippen molar-refractivity contribution in [3.63, 3.8) is 0 Å². The number of carbonyl (C=O) groups excluding carboxylic acids is 1. The first-order valence-electron chi connectivity index (χ1n) is 8.10. The molecule has 2 aromatic carbocycles. The van der Waals surface area contributed by atoms with E-state index in [9.17, 15) is 13.6 Å². The van der Waals surface area contributed by atoms with Crippen LogP contribution in [0.4, 0.5) is 20.2 Å². The molecule has 7 heteroatoms. The van der Waals surface area contributed by atoms with E-state index in [4.69, 9.17) is 11.6 Å². The van der Waals surface area contributed by atoms with E-state index in [1.165, 1.54) is 0 Å². The molecule has 1 amide bonds. The van der Waals surface area contributed by atoms with E-state index in [1.807, 2.05) is 24.3 Å². The lowest BCUT2D eigenvalue weighted by atomic mass is 10.2. The molecule has 0 aliphatic carbocycles. The molecule has 0 radical (unpaired) electrons. The second-order valence-electron chi connectivity index (χ2n) is 6.07. The van der Waals surface area contributed by atoms with E-state index in [0.717, 1.165) is 55.0 Å². The minimum Gasteiger partial charge on any atom is -0.360 e. The molecular formula is C18H19ClF2N3O+. The van der Waals surface area contributed by atoms with Gasteiger partial charge in [0.25, 0.3) is 5.91 Å². The van der Waals surface area contributed by atoms with Gasteiger partial charge in [0.1, 0.15) is 11.6 Å². The molecule has 1 heterocycles. The number of rotatable bonds is 4. The molecule has 25 heavy (non-hydrogen) atoms. The van der Waals surface area contributed by atoms with Crippen LogP contribution in [-0.4, -0.2) is 38.6 Å². The lowest BCUT2D eigenvalue weighted by Crippen LogP contribution is -3.15. The highest BCUT2D eigenvalue weighted by Gasteiger charge is 2.23. The van der Waals surface area contributed by atoms with Crippen LogP contribution in [0.2, 0.25) is 5.02 Å². The molecule has 0 bridgehead atoms. The quantitative estimate of drug-likeness (QED) is 0.868. The van der Waals surface area contributed by atoms with Gasteiger partial charge in [-0.15, -0.1) is 0 Å². The van der Waals surface area contributed by atoms with Crippen LogP contribution < -0.4 is 15.1 Å². The van der Waals surface area contributed by atoms with Gasteiger partial charge in [-0.2, -0.15) is 0 Å². The maximum Gasteiger partial charge on any atom is 0.279 e. The molecule has 0 spiro atoms. The topological polar surface area (TPSA) is 36.8 Å². The molecule has 3 rings (SSSR count). The van der Waals surface area contributed by atoms with Crippen molar-refractivity contribution in [1.82, 2.24) is 0 Å². The third kappa shape index (κ3) is 4.67. The molecule has 0 saturated carbocycles. The Morgan fingerprint density at radius 1 is 1.16 bits per heavy atom. The van der Waals surface area contributed by atoms with Crippen molar-refractivity contribution in [3.05, 3.63) is 59.1 Å². The van der Waals surface area contributed by atoms with Gasteiger partial charge in [-0.3, -0.25) is 4.79 Å². The van der Waals surface area contributed by atoms with Crippen LogP contribution in [0.15, 0.2) is 42.5 Å². The van der Waals surface area contributed by atoms with Crippen LogP contribution in [0.3, 0.4) is 0 Å². The third-order valence-corrected chi connectivity index (χ3v) is 4.49. The molecule has 2 N–H and O–H groups in total. The van der Waals surface area contributed by atoms with Crippen LogP contribution in [0, 0.1) is 11.6 Å². The summed E-state index contributed by atoms with van der Waals surface area (Å²) in [5, 5.41) is 3.14. The zero-order valence-electron chi connectivity index (χ0n) is 13.6. The molecule has 1 fully saturated rings. The normalized spacial score (nSPS) is 15.2. The maximum atomic E-state index is 13.6. The number of anilines is 2. The Bertz CT molecular complexity index is 764. The van der Waals surface area contributed by atoms with Gasteiger partial charge >= 0.3 is 0 Å². The lowest BCUT2D eigenvalue weighted by Gasteiger charge is -2.33. The fourth-order valence-electron chi connectivity index (χ4n) is 2.95. The van der Waals surface area contributed by atoms with Crippen LogP contribution in [0.25, 0.3) is 0 Å². The number of amides is 1. The summed E-state index contributed by atoms with van der Waals surface area (Å²) in [5.41, 5.74) is 0.944. The Labute approximate surface area is 150 Å². The number of nitrogens with one attached hydrogen (secondary N) is 2. The van der Waals surface area contributed by atoms with Crippen molar-refractivity contribution >= 4 is 28.9 Å². The first kappa shape index (κ1) is 17.6. The van der Waals surface area contributed by atoms with Crippen LogP contribution in [-0.2, 0) is 4.79 Å². The molecule has 0 atom stereocenters. The van der Waals surface area contributed by atoms with E-state index in [2.05, 4.69) is 10.2 Å². The highest BCUT2D eigenvalue weighted by atomic mass is 35.5. The number of nitrogens with zero attached hydrogens (tertiary/aromatic N) is 1. The Hall–Kier alpha value is -2.18. The molecule has 1 aliphatic rings. The summed E-state index contributed by atoms with van der Waals surface area (Å²) < 4.78 is 26.7. The van der Waals surface area contributed by atoms with Gasteiger partial charge < -0.3 is 15.1 Å². The van der Waals surface area contributed by atoms with Gasteiger partial charge in [-0.1, -0.05) is 17.7 Å². The summed E-state index contributed by atoms with van der Waals surface area (Å²) in [7, 11) is 0. The molecule has 1 aliphatic heterocycles. The fourth-order valence-corrected chi connectivity index (χ4v) is 3.13. The number of halogens is 3. The predicted octanol–water partition coefficient (Wildman–Crippen LogP) is 1.96. The van der Waals surface area contributed by atoms with E-state index >= 15 is 0 Å². The Morgan fingerprint density at radius 3 is 2.64 bits per heavy atom. The van der Waals surface area contributed by atoms with E-state index in [0.29, 0.717) is 5.02 Å². The fraction of sp³-hybridized carbons (Fsp3) is 0.278. The second-order valence-corrected chi connectivity index (χ2v) is 6.50. The number of benzene rings is 2. The number of quaternary nitrogens is 1. The first-order chi connectivity index (χ1) is 12.0. The average molecular weight is 367 g/mol. The van der Waals surface area contributed by atoms with E-state index in [-0.39, 0.29) is 18.1 Å². The standard InChI is InChI=1S/C18H18ClF2N3O/c19-13-2-1-3-15(10-13)24-8-6-23(7-9-24)12-18(25)22-17-11-14(20)4-5-16(17)21/h1-5,10-11H,6-9,12H2,(H,22,25)/p+1. The van der Waals surface area contributed by atoms with Gasteiger partial charge in [-0.25, -0.2) is 8.78 Å². The van der Waals surface area contributed by atoms with E-state index < -0.39 is 11.6 Å². The molecule has 0 aromatic heterocycles. The summed E-state index contributed by atoms with van der Waals surface area (Å²) in [6.07, 6.45) is 0. The number of piperazine rings is 1.